The Hall–Kier alpha value is -1.61. The van der Waals surface area contributed by atoms with Gasteiger partial charge in [-0.05, 0) is 24.6 Å². The van der Waals surface area contributed by atoms with E-state index >= 15 is 0 Å². The zero-order chi connectivity index (χ0) is 10.8. The van der Waals surface area contributed by atoms with Crippen molar-refractivity contribution < 1.29 is 4.79 Å². The average Bonchev–Trinajstić information content (AvgIpc) is 2.64. The van der Waals surface area contributed by atoms with Crippen LogP contribution in [0.15, 0.2) is 30.6 Å². The van der Waals surface area contributed by atoms with Crippen molar-refractivity contribution in [2.45, 2.75) is 6.92 Å². The van der Waals surface area contributed by atoms with E-state index in [1.54, 1.807) is 29.1 Å². The van der Waals surface area contributed by atoms with Crippen molar-refractivity contribution in [1.29, 1.82) is 0 Å². The lowest BCUT2D eigenvalue weighted by Gasteiger charge is -2.06. The Bertz CT molecular complexity index is 505. The van der Waals surface area contributed by atoms with E-state index < -0.39 is 0 Å². The van der Waals surface area contributed by atoms with Gasteiger partial charge in [0, 0.05) is 11.8 Å². The molecule has 2 rings (SSSR count). The normalized spacial score (nSPS) is 10.3. The Morgan fingerprint density at radius 2 is 2.27 bits per heavy atom. The first-order valence-electron chi connectivity index (χ1n) is 4.47. The molecule has 0 radical (unpaired) electrons. The summed E-state index contributed by atoms with van der Waals surface area (Å²) in [6.45, 7) is 1.93. The molecule has 0 bridgehead atoms. The molecule has 2 aromatic rings. The molecule has 1 aromatic heterocycles. The van der Waals surface area contributed by atoms with Gasteiger partial charge in [-0.15, -0.1) is 0 Å². The van der Waals surface area contributed by atoms with E-state index in [0.717, 1.165) is 11.8 Å². The van der Waals surface area contributed by atoms with Crippen LogP contribution in [0.5, 0.6) is 0 Å². The predicted octanol–water partition coefficient (Wildman–Crippen LogP) is 2.65. The molecule has 0 spiro atoms. The molecule has 1 aromatic carbocycles. The van der Waals surface area contributed by atoms with Gasteiger partial charge < -0.3 is 0 Å². The van der Waals surface area contributed by atoms with E-state index in [0.29, 0.717) is 16.3 Å². The zero-order valence-electron chi connectivity index (χ0n) is 8.14. The third-order valence-corrected chi connectivity index (χ3v) is 2.39. The molecule has 0 fully saturated rings. The van der Waals surface area contributed by atoms with Crippen molar-refractivity contribution in [1.82, 2.24) is 9.78 Å². The first-order chi connectivity index (χ1) is 7.22. The smallest absolute Gasteiger partial charge is 0.152 e. The zero-order valence-corrected chi connectivity index (χ0v) is 8.90. The van der Waals surface area contributed by atoms with E-state index in [1.807, 2.05) is 13.1 Å². The lowest BCUT2D eigenvalue weighted by atomic mass is 10.2. The molecule has 0 unspecified atom stereocenters. The first-order valence-corrected chi connectivity index (χ1v) is 4.85. The number of halogens is 1. The van der Waals surface area contributed by atoms with Gasteiger partial charge in [-0.1, -0.05) is 17.7 Å². The van der Waals surface area contributed by atoms with Gasteiger partial charge >= 0.3 is 0 Å². The van der Waals surface area contributed by atoms with Gasteiger partial charge in [0.25, 0.3) is 0 Å². The lowest BCUT2D eigenvalue weighted by molar-refractivity contribution is 0.112. The van der Waals surface area contributed by atoms with Crippen LogP contribution in [0.1, 0.15) is 15.9 Å². The van der Waals surface area contributed by atoms with Crippen molar-refractivity contribution >= 4 is 17.9 Å². The molecule has 15 heavy (non-hydrogen) atoms. The van der Waals surface area contributed by atoms with E-state index in [-0.39, 0.29) is 0 Å². The Kier molecular flexibility index (Phi) is 2.56. The van der Waals surface area contributed by atoms with Crippen LogP contribution in [0.2, 0.25) is 5.02 Å². The highest BCUT2D eigenvalue weighted by molar-refractivity contribution is 6.32. The van der Waals surface area contributed by atoms with Crippen molar-refractivity contribution in [2.24, 2.45) is 0 Å². The molecule has 0 amide bonds. The second kappa shape index (κ2) is 3.87. The number of benzene rings is 1. The van der Waals surface area contributed by atoms with Crippen molar-refractivity contribution in [3.63, 3.8) is 0 Å². The maximum absolute atomic E-state index is 10.9. The summed E-state index contributed by atoms with van der Waals surface area (Å²) in [6.07, 6.45) is 4.32. The molecule has 0 saturated heterocycles. The number of hydrogen-bond donors (Lipinski definition) is 0. The van der Waals surface area contributed by atoms with E-state index in [2.05, 4.69) is 5.10 Å². The van der Waals surface area contributed by atoms with Gasteiger partial charge in [-0.2, -0.15) is 5.10 Å². The van der Waals surface area contributed by atoms with E-state index in [4.69, 9.17) is 11.6 Å². The highest BCUT2D eigenvalue weighted by atomic mass is 35.5. The van der Waals surface area contributed by atoms with Crippen LogP contribution in [-0.2, 0) is 0 Å². The minimum atomic E-state index is 0.516. The Morgan fingerprint density at radius 3 is 2.87 bits per heavy atom. The summed E-state index contributed by atoms with van der Waals surface area (Å²) in [4.78, 5) is 10.9. The lowest BCUT2D eigenvalue weighted by Crippen LogP contribution is -2.00. The quantitative estimate of drug-likeness (QED) is 0.730. The fraction of sp³-hybridized carbons (Fsp3) is 0.0909. The number of aromatic nitrogens is 2. The van der Waals surface area contributed by atoms with Gasteiger partial charge in [0.1, 0.15) is 0 Å². The third kappa shape index (κ3) is 1.78. The largest absolute Gasteiger partial charge is 0.298 e. The maximum Gasteiger partial charge on any atom is 0.152 e. The summed E-state index contributed by atoms with van der Waals surface area (Å²) >= 11 is 6.03. The number of nitrogens with zero attached hydrogens (tertiary/aromatic N) is 2. The van der Waals surface area contributed by atoms with E-state index in [9.17, 15) is 4.79 Å². The maximum atomic E-state index is 10.9. The number of para-hydroxylation sites is 1. The van der Waals surface area contributed by atoms with Gasteiger partial charge in [-0.3, -0.25) is 4.79 Å². The van der Waals surface area contributed by atoms with Crippen LogP contribution >= 0.6 is 11.6 Å². The molecular weight excluding hydrogens is 212 g/mol. The van der Waals surface area contributed by atoms with Crippen LogP contribution in [0.4, 0.5) is 0 Å². The fourth-order valence-corrected chi connectivity index (χ4v) is 1.67. The van der Waals surface area contributed by atoms with Gasteiger partial charge in [-0.25, -0.2) is 4.68 Å². The molecule has 0 saturated carbocycles. The Balaban J connectivity index is 2.65. The van der Waals surface area contributed by atoms with Crippen molar-refractivity contribution in [2.75, 3.05) is 0 Å². The van der Waals surface area contributed by atoms with E-state index in [1.165, 1.54) is 0 Å². The predicted molar refractivity (Wildman–Crippen MR) is 58.7 cm³/mol. The number of aldehydes is 1. The highest BCUT2D eigenvalue weighted by Crippen LogP contribution is 2.22. The SMILES string of the molecule is Cc1cnn(-c2c(Cl)cccc2C=O)c1. The van der Waals surface area contributed by atoms with Crippen LogP contribution in [0, 0.1) is 6.92 Å². The third-order valence-electron chi connectivity index (χ3n) is 2.09. The molecule has 1 heterocycles. The second-order valence-corrected chi connectivity index (χ2v) is 3.66. The Morgan fingerprint density at radius 1 is 1.47 bits per heavy atom. The molecule has 0 N–H and O–H groups in total. The molecule has 0 atom stereocenters. The fourth-order valence-electron chi connectivity index (χ4n) is 1.40. The standard InChI is InChI=1S/C11H9ClN2O/c1-8-5-13-14(6-8)11-9(7-15)3-2-4-10(11)12/h2-7H,1H3. The van der Waals surface area contributed by atoms with Crippen LogP contribution in [-0.4, -0.2) is 16.1 Å². The molecule has 0 aliphatic heterocycles. The van der Waals surface area contributed by atoms with Gasteiger partial charge in [0.05, 0.1) is 16.9 Å². The summed E-state index contributed by atoms with van der Waals surface area (Å²) in [5, 5.41) is 4.65. The van der Waals surface area contributed by atoms with Crippen LogP contribution in [0.3, 0.4) is 0 Å². The molecule has 4 heteroatoms. The topological polar surface area (TPSA) is 34.9 Å². The van der Waals surface area contributed by atoms with Gasteiger partial charge in [0.15, 0.2) is 6.29 Å². The summed E-state index contributed by atoms with van der Waals surface area (Å²) in [5.74, 6) is 0. The summed E-state index contributed by atoms with van der Waals surface area (Å²) < 4.78 is 1.61. The molecule has 3 nitrogen and oxygen atoms in total. The van der Waals surface area contributed by atoms with Crippen LogP contribution in [0.25, 0.3) is 5.69 Å². The number of aryl methyl sites for hydroxylation is 1. The summed E-state index contributed by atoms with van der Waals surface area (Å²) in [6, 6.07) is 5.19. The Labute approximate surface area is 92.3 Å². The number of rotatable bonds is 2. The van der Waals surface area contributed by atoms with Crippen LogP contribution < -0.4 is 0 Å². The molecule has 0 aliphatic rings. The first kappa shape index (κ1) is 9.93. The van der Waals surface area contributed by atoms with Crippen molar-refractivity contribution in [3.05, 3.63) is 46.7 Å². The van der Waals surface area contributed by atoms with Crippen molar-refractivity contribution in [3.8, 4) is 5.69 Å². The monoisotopic (exact) mass is 220 g/mol. The minimum Gasteiger partial charge on any atom is -0.298 e. The molecule has 0 aliphatic carbocycles. The number of carbonyl (C=O) groups is 1. The number of carbonyl (C=O) groups excluding carboxylic acids is 1. The average molecular weight is 221 g/mol. The summed E-state index contributed by atoms with van der Waals surface area (Å²) in [7, 11) is 0. The minimum absolute atomic E-state index is 0.516. The highest BCUT2D eigenvalue weighted by Gasteiger charge is 2.08. The summed E-state index contributed by atoms with van der Waals surface area (Å²) in [5.41, 5.74) is 2.18. The van der Waals surface area contributed by atoms with Gasteiger partial charge in [0.2, 0.25) is 0 Å². The molecule has 76 valence electrons. The number of hydrogen-bond acceptors (Lipinski definition) is 2. The second-order valence-electron chi connectivity index (χ2n) is 3.26. The molecular formula is C11H9ClN2O.